The monoisotopic (exact) mass is 629 g/mol. The number of carbonyl (C=O) groups is 2. The minimum absolute atomic E-state index is 0.0321. The first-order chi connectivity index (χ1) is 21.3. The number of hydrogen-bond acceptors (Lipinski definition) is 2. The first-order valence-electron chi connectivity index (χ1n) is 19.7. The van der Waals surface area contributed by atoms with E-state index >= 15 is 0 Å². The van der Waals surface area contributed by atoms with Gasteiger partial charge in [-0.2, -0.15) is 0 Å². The van der Waals surface area contributed by atoms with Crippen molar-refractivity contribution < 1.29 is 9.59 Å². The number of nitrogens with one attached hydrogen (secondary N) is 1. The second-order valence-electron chi connectivity index (χ2n) is 16.3. The highest BCUT2D eigenvalue weighted by Gasteiger charge is 2.68. The maximum absolute atomic E-state index is 14.4. The fourth-order valence-electron chi connectivity index (χ4n) is 9.70. The van der Waals surface area contributed by atoms with Gasteiger partial charge in [0, 0.05) is 26.1 Å². The van der Waals surface area contributed by atoms with Crippen LogP contribution in [0.15, 0.2) is 11.1 Å². The zero-order chi connectivity index (χ0) is 33.8. The molecule has 0 aromatic heterocycles. The molecular weight excluding hydrogens is 552 g/mol. The van der Waals surface area contributed by atoms with Gasteiger partial charge in [0.15, 0.2) is 0 Å². The molecule has 4 nitrogen and oxygen atoms in total. The van der Waals surface area contributed by atoms with Crippen molar-refractivity contribution >= 4 is 11.8 Å². The second-order valence-corrected chi connectivity index (χ2v) is 16.3. The lowest BCUT2D eigenvalue weighted by Crippen LogP contribution is -2.48. The third-order valence-electron chi connectivity index (χ3n) is 11.9. The van der Waals surface area contributed by atoms with Crippen LogP contribution in [-0.2, 0) is 9.59 Å². The fraction of sp³-hybridized carbons (Fsp3) is 0.902. The smallest absolute Gasteiger partial charge is 0.223 e. The number of hydrogen-bond donors (Lipinski definition) is 1. The molecule has 4 unspecified atom stereocenters. The molecule has 2 rings (SSSR count). The fourth-order valence-corrected chi connectivity index (χ4v) is 9.70. The Morgan fingerprint density at radius 2 is 1.22 bits per heavy atom. The van der Waals surface area contributed by atoms with E-state index in [1.165, 1.54) is 51.4 Å². The number of rotatable bonds is 23. The molecule has 0 radical (unpaired) electrons. The van der Waals surface area contributed by atoms with E-state index in [0.717, 1.165) is 58.2 Å². The SMILES string of the molecule is CCCCCCNC(=O)C(CC(=O)N(CCCCCC)CCCCCC)C1CC2(C(C)C)CC1(C(C)C)C(C(C)C)=C2C(C)C. The highest BCUT2D eigenvalue weighted by molar-refractivity contribution is 5.86. The number of amides is 2. The summed E-state index contributed by atoms with van der Waals surface area (Å²) in [6.07, 6.45) is 16.4. The maximum Gasteiger partial charge on any atom is 0.223 e. The number of unbranched alkanes of at least 4 members (excludes halogenated alkanes) is 9. The molecule has 0 aliphatic heterocycles. The highest BCUT2D eigenvalue weighted by atomic mass is 16.2. The molecule has 0 spiro atoms. The van der Waals surface area contributed by atoms with E-state index in [9.17, 15) is 9.59 Å². The third kappa shape index (κ3) is 9.40. The Labute approximate surface area is 280 Å². The van der Waals surface area contributed by atoms with Gasteiger partial charge in [0.1, 0.15) is 0 Å². The van der Waals surface area contributed by atoms with Gasteiger partial charge in [0.2, 0.25) is 11.8 Å². The summed E-state index contributed by atoms with van der Waals surface area (Å²) in [6, 6.07) is 0. The lowest BCUT2D eigenvalue weighted by Gasteiger charge is -2.48. The van der Waals surface area contributed by atoms with Gasteiger partial charge in [-0.05, 0) is 72.5 Å². The molecule has 1 fully saturated rings. The van der Waals surface area contributed by atoms with Crippen molar-refractivity contribution in [3.05, 3.63) is 11.1 Å². The Bertz CT molecular complexity index is 922. The number of nitrogens with zero attached hydrogens (tertiary/aromatic N) is 1. The number of allylic oxidation sites excluding steroid dienone is 2. The molecule has 0 aromatic rings. The molecule has 1 saturated carbocycles. The van der Waals surface area contributed by atoms with E-state index in [1.54, 1.807) is 11.1 Å². The summed E-state index contributed by atoms with van der Waals surface area (Å²) in [6.45, 7) is 28.3. The van der Waals surface area contributed by atoms with Crippen LogP contribution >= 0.6 is 0 Å². The Morgan fingerprint density at radius 1 is 0.711 bits per heavy atom. The van der Waals surface area contributed by atoms with Crippen LogP contribution in [0.25, 0.3) is 0 Å². The molecule has 45 heavy (non-hydrogen) atoms. The van der Waals surface area contributed by atoms with E-state index in [0.29, 0.717) is 30.1 Å². The van der Waals surface area contributed by atoms with Gasteiger partial charge >= 0.3 is 0 Å². The molecule has 0 aromatic carbocycles. The molecule has 4 heteroatoms. The molecule has 2 aliphatic rings. The lowest BCUT2D eigenvalue weighted by atomic mass is 9.56. The van der Waals surface area contributed by atoms with Crippen molar-refractivity contribution in [1.29, 1.82) is 0 Å². The minimum Gasteiger partial charge on any atom is -0.356 e. The van der Waals surface area contributed by atoms with Crippen molar-refractivity contribution in [2.24, 2.45) is 46.3 Å². The van der Waals surface area contributed by atoms with Crippen LogP contribution in [0.3, 0.4) is 0 Å². The van der Waals surface area contributed by atoms with Crippen LogP contribution in [0.2, 0.25) is 0 Å². The van der Waals surface area contributed by atoms with Gasteiger partial charge in [-0.15, -0.1) is 0 Å². The highest BCUT2D eigenvalue weighted by Crippen LogP contribution is 2.75. The zero-order valence-corrected chi connectivity index (χ0v) is 32.0. The molecular formula is C41H76N2O2. The first-order valence-corrected chi connectivity index (χ1v) is 19.7. The Kier molecular flexibility index (Phi) is 16.7. The maximum atomic E-state index is 14.4. The summed E-state index contributed by atoms with van der Waals surface area (Å²) in [7, 11) is 0. The average molecular weight is 629 g/mol. The molecule has 0 saturated heterocycles. The summed E-state index contributed by atoms with van der Waals surface area (Å²) >= 11 is 0. The topological polar surface area (TPSA) is 49.4 Å². The van der Waals surface area contributed by atoms with Crippen LogP contribution in [-0.4, -0.2) is 36.3 Å². The molecule has 2 aliphatic carbocycles. The number of carbonyl (C=O) groups excluding carboxylic acids is 2. The van der Waals surface area contributed by atoms with E-state index in [1.807, 2.05) is 0 Å². The van der Waals surface area contributed by atoms with Crippen molar-refractivity contribution in [3.63, 3.8) is 0 Å². The van der Waals surface area contributed by atoms with Crippen LogP contribution < -0.4 is 5.32 Å². The van der Waals surface area contributed by atoms with E-state index in [2.05, 4.69) is 86.4 Å². The zero-order valence-electron chi connectivity index (χ0n) is 32.0. The lowest BCUT2D eigenvalue weighted by molar-refractivity contribution is -0.139. The van der Waals surface area contributed by atoms with Crippen LogP contribution in [0.1, 0.15) is 172 Å². The largest absolute Gasteiger partial charge is 0.356 e. The van der Waals surface area contributed by atoms with Gasteiger partial charge < -0.3 is 10.2 Å². The normalized spacial score (nSPS) is 23.7. The molecule has 262 valence electrons. The van der Waals surface area contributed by atoms with E-state index in [-0.39, 0.29) is 34.5 Å². The Morgan fingerprint density at radius 3 is 1.67 bits per heavy atom. The molecule has 0 heterocycles. The standard InChI is InChI=1S/C41H76N2O2/c1-12-15-18-21-24-42-39(45)34(27-36(44)43(25-22-19-16-13-2)26-23-20-17-14-3)35-28-40(32(8)9)29-41(35,33(10)11)38(31(6)7)37(40)30(4)5/h30-35H,12-29H2,1-11H3,(H,42,45). The van der Waals surface area contributed by atoms with Crippen molar-refractivity contribution in [2.45, 2.75) is 172 Å². The van der Waals surface area contributed by atoms with Gasteiger partial charge in [-0.25, -0.2) is 0 Å². The van der Waals surface area contributed by atoms with E-state index in [4.69, 9.17) is 0 Å². The quantitative estimate of drug-likeness (QED) is 0.0904. The molecule has 2 amide bonds. The molecule has 2 bridgehead atoms. The van der Waals surface area contributed by atoms with Crippen LogP contribution in [0.4, 0.5) is 0 Å². The van der Waals surface area contributed by atoms with Gasteiger partial charge in [0.25, 0.3) is 0 Å². The summed E-state index contributed by atoms with van der Waals surface area (Å²) in [5.74, 6) is 2.15. The summed E-state index contributed by atoms with van der Waals surface area (Å²) in [4.78, 5) is 31.0. The summed E-state index contributed by atoms with van der Waals surface area (Å²) < 4.78 is 0. The summed E-state index contributed by atoms with van der Waals surface area (Å²) in [5.41, 5.74) is 3.42. The minimum atomic E-state index is -0.275. The number of fused-ring (bicyclic) bond motifs is 2. The molecule has 4 atom stereocenters. The molecule has 1 N–H and O–H groups in total. The van der Waals surface area contributed by atoms with Gasteiger partial charge in [-0.3, -0.25) is 9.59 Å². The van der Waals surface area contributed by atoms with Gasteiger partial charge in [0.05, 0.1) is 5.92 Å². The summed E-state index contributed by atoms with van der Waals surface area (Å²) in [5, 5.41) is 3.39. The van der Waals surface area contributed by atoms with Crippen molar-refractivity contribution in [3.8, 4) is 0 Å². The first kappa shape index (κ1) is 39.9. The van der Waals surface area contributed by atoms with Crippen LogP contribution in [0, 0.1) is 46.3 Å². The Balaban J connectivity index is 2.54. The van der Waals surface area contributed by atoms with Gasteiger partial charge in [-0.1, -0.05) is 145 Å². The van der Waals surface area contributed by atoms with Crippen molar-refractivity contribution in [1.82, 2.24) is 10.2 Å². The van der Waals surface area contributed by atoms with Crippen molar-refractivity contribution in [2.75, 3.05) is 19.6 Å². The Hall–Kier alpha value is -1.32. The predicted molar refractivity (Wildman–Crippen MR) is 194 cm³/mol. The third-order valence-corrected chi connectivity index (χ3v) is 11.9. The van der Waals surface area contributed by atoms with E-state index < -0.39 is 0 Å². The predicted octanol–water partition coefficient (Wildman–Crippen LogP) is 11.0. The second kappa shape index (κ2) is 18.9. The van der Waals surface area contributed by atoms with Crippen LogP contribution in [0.5, 0.6) is 0 Å². The average Bonchev–Trinajstić information content (AvgIpc) is 3.51.